The van der Waals surface area contributed by atoms with Crippen LogP contribution in [0.4, 0.5) is 0 Å². The summed E-state index contributed by atoms with van der Waals surface area (Å²) in [6.07, 6.45) is 0. The minimum Gasteiger partial charge on any atom is -0.380 e. The second-order valence-electron chi connectivity index (χ2n) is 5.22. The molecule has 0 aromatic heterocycles. The third kappa shape index (κ3) is 4.30. The molecule has 0 aliphatic rings. The average molecular weight is 264 g/mol. The summed E-state index contributed by atoms with van der Waals surface area (Å²) in [7, 11) is 2.12. The maximum absolute atomic E-state index is 5.98. The molecular weight excluding hydrogens is 236 g/mol. The van der Waals surface area contributed by atoms with Gasteiger partial charge in [-0.1, -0.05) is 12.1 Å². The first kappa shape index (κ1) is 16.2. The van der Waals surface area contributed by atoms with Crippen LogP contribution in [0.3, 0.4) is 0 Å². The normalized spacial score (nSPS) is 13.0. The van der Waals surface area contributed by atoms with Gasteiger partial charge in [-0.3, -0.25) is 4.90 Å². The number of likely N-dealkylation sites (N-methyl/N-ethyl adjacent to an activating group) is 1. The van der Waals surface area contributed by atoms with E-state index in [4.69, 9.17) is 10.5 Å². The van der Waals surface area contributed by atoms with Crippen molar-refractivity contribution >= 4 is 0 Å². The summed E-state index contributed by atoms with van der Waals surface area (Å²) in [6, 6.07) is 4.79. The minimum atomic E-state index is 0.264. The Morgan fingerprint density at radius 2 is 1.79 bits per heavy atom. The molecule has 0 saturated carbocycles. The first-order chi connectivity index (χ1) is 9.01. The number of ether oxygens (including phenoxy) is 1. The lowest BCUT2D eigenvalue weighted by molar-refractivity contribution is 0.108. The fourth-order valence-electron chi connectivity index (χ4n) is 2.39. The van der Waals surface area contributed by atoms with E-state index in [1.807, 2.05) is 6.92 Å². The number of hydrogen-bond donors (Lipinski definition) is 1. The van der Waals surface area contributed by atoms with Crippen LogP contribution in [0, 0.1) is 20.8 Å². The van der Waals surface area contributed by atoms with Crippen molar-refractivity contribution in [3.8, 4) is 0 Å². The minimum absolute atomic E-state index is 0.264. The highest BCUT2D eigenvalue weighted by molar-refractivity contribution is 5.38. The zero-order valence-corrected chi connectivity index (χ0v) is 13.0. The van der Waals surface area contributed by atoms with Gasteiger partial charge >= 0.3 is 0 Å². The number of aryl methyl sites for hydroxylation is 3. The van der Waals surface area contributed by atoms with E-state index in [2.05, 4.69) is 44.9 Å². The van der Waals surface area contributed by atoms with Crippen LogP contribution in [0.25, 0.3) is 0 Å². The zero-order valence-electron chi connectivity index (χ0n) is 13.0. The molecule has 1 aromatic rings. The van der Waals surface area contributed by atoms with Crippen LogP contribution in [0.1, 0.15) is 35.2 Å². The van der Waals surface area contributed by atoms with Crippen molar-refractivity contribution < 1.29 is 4.74 Å². The molecule has 1 rings (SSSR count). The fraction of sp³-hybridized carbons (Fsp3) is 0.625. The fourth-order valence-corrected chi connectivity index (χ4v) is 2.39. The number of nitrogens with zero attached hydrogens (tertiary/aromatic N) is 1. The topological polar surface area (TPSA) is 38.5 Å². The van der Waals surface area contributed by atoms with Gasteiger partial charge in [-0.25, -0.2) is 0 Å². The van der Waals surface area contributed by atoms with E-state index in [0.717, 1.165) is 19.8 Å². The molecule has 0 aliphatic carbocycles. The van der Waals surface area contributed by atoms with Gasteiger partial charge in [-0.05, 0) is 57.0 Å². The molecule has 19 heavy (non-hydrogen) atoms. The van der Waals surface area contributed by atoms with Crippen LogP contribution in [0.5, 0.6) is 0 Å². The summed E-state index contributed by atoms with van der Waals surface area (Å²) in [5.74, 6) is 0. The lowest BCUT2D eigenvalue weighted by atomic mass is 9.95. The Balaban J connectivity index is 2.87. The summed E-state index contributed by atoms with van der Waals surface area (Å²) in [5, 5.41) is 0. The smallest absolute Gasteiger partial charge is 0.0593 e. The van der Waals surface area contributed by atoms with Gasteiger partial charge in [-0.15, -0.1) is 0 Å². The molecule has 0 amide bonds. The highest BCUT2D eigenvalue weighted by atomic mass is 16.5. The molecule has 108 valence electrons. The summed E-state index contributed by atoms with van der Waals surface area (Å²) in [6.45, 7) is 11.6. The third-order valence-electron chi connectivity index (χ3n) is 3.79. The predicted molar refractivity (Wildman–Crippen MR) is 81.6 cm³/mol. The van der Waals surface area contributed by atoms with E-state index in [1.54, 1.807) is 0 Å². The first-order valence-corrected chi connectivity index (χ1v) is 7.07. The molecule has 1 aromatic carbocycles. The quantitative estimate of drug-likeness (QED) is 0.769. The molecular formula is C16H28N2O. The van der Waals surface area contributed by atoms with Gasteiger partial charge < -0.3 is 10.5 Å². The van der Waals surface area contributed by atoms with E-state index >= 15 is 0 Å². The molecule has 0 bridgehead atoms. The molecule has 0 spiro atoms. The number of hydrogen-bond acceptors (Lipinski definition) is 3. The molecule has 0 aliphatic heterocycles. The zero-order chi connectivity index (χ0) is 14.4. The average Bonchev–Trinajstić information content (AvgIpc) is 2.36. The van der Waals surface area contributed by atoms with Gasteiger partial charge in [0.2, 0.25) is 0 Å². The lowest BCUT2D eigenvalue weighted by Gasteiger charge is -2.29. The molecule has 3 nitrogen and oxygen atoms in total. The van der Waals surface area contributed by atoms with Crippen LogP contribution in [0.2, 0.25) is 0 Å². The van der Waals surface area contributed by atoms with E-state index < -0.39 is 0 Å². The van der Waals surface area contributed by atoms with Crippen molar-refractivity contribution in [3.05, 3.63) is 34.4 Å². The number of benzene rings is 1. The van der Waals surface area contributed by atoms with Crippen molar-refractivity contribution in [2.75, 3.05) is 33.4 Å². The second-order valence-corrected chi connectivity index (χ2v) is 5.22. The Hall–Kier alpha value is -0.900. The predicted octanol–water partition coefficient (Wildman–Crippen LogP) is 2.58. The molecule has 0 fully saturated rings. The maximum atomic E-state index is 5.98. The van der Waals surface area contributed by atoms with E-state index in [9.17, 15) is 0 Å². The van der Waals surface area contributed by atoms with Gasteiger partial charge in [0.1, 0.15) is 0 Å². The molecule has 1 atom stereocenters. The third-order valence-corrected chi connectivity index (χ3v) is 3.79. The summed E-state index contributed by atoms with van der Waals surface area (Å²) < 4.78 is 5.43. The monoisotopic (exact) mass is 264 g/mol. The second kappa shape index (κ2) is 7.63. The molecule has 0 saturated heterocycles. The Labute approximate surface area is 117 Å². The van der Waals surface area contributed by atoms with E-state index in [-0.39, 0.29) is 6.04 Å². The molecule has 0 radical (unpaired) electrons. The lowest BCUT2D eigenvalue weighted by Crippen LogP contribution is -2.33. The van der Waals surface area contributed by atoms with Crippen molar-refractivity contribution in [1.82, 2.24) is 4.90 Å². The molecule has 2 N–H and O–H groups in total. The molecule has 0 heterocycles. The van der Waals surface area contributed by atoms with Gasteiger partial charge in [0.25, 0.3) is 0 Å². The van der Waals surface area contributed by atoms with Gasteiger partial charge in [-0.2, -0.15) is 0 Å². The van der Waals surface area contributed by atoms with E-state index in [0.29, 0.717) is 6.54 Å². The van der Waals surface area contributed by atoms with Crippen LogP contribution < -0.4 is 5.73 Å². The van der Waals surface area contributed by atoms with Crippen molar-refractivity contribution in [3.63, 3.8) is 0 Å². The standard InChI is InChI=1S/C16H28N2O/c1-6-19-8-7-18(5)16(11-17)15-10-13(3)12(2)9-14(15)4/h9-10,16H,6-8,11,17H2,1-5H3. The largest absolute Gasteiger partial charge is 0.380 e. The summed E-state index contributed by atoms with van der Waals surface area (Å²) in [4.78, 5) is 2.28. The van der Waals surface area contributed by atoms with Gasteiger partial charge in [0, 0.05) is 25.7 Å². The highest BCUT2D eigenvalue weighted by Gasteiger charge is 2.17. The Morgan fingerprint density at radius 1 is 1.16 bits per heavy atom. The van der Waals surface area contributed by atoms with Crippen molar-refractivity contribution in [2.24, 2.45) is 5.73 Å². The van der Waals surface area contributed by atoms with Gasteiger partial charge in [0.05, 0.1) is 6.61 Å². The van der Waals surface area contributed by atoms with Crippen LogP contribution in [0.15, 0.2) is 12.1 Å². The van der Waals surface area contributed by atoms with Crippen molar-refractivity contribution in [1.29, 1.82) is 0 Å². The van der Waals surface area contributed by atoms with Gasteiger partial charge in [0.15, 0.2) is 0 Å². The van der Waals surface area contributed by atoms with Crippen LogP contribution >= 0.6 is 0 Å². The Kier molecular flexibility index (Phi) is 6.49. The van der Waals surface area contributed by atoms with Crippen molar-refractivity contribution in [2.45, 2.75) is 33.7 Å². The molecule has 3 heteroatoms. The van der Waals surface area contributed by atoms with E-state index in [1.165, 1.54) is 22.3 Å². The summed E-state index contributed by atoms with van der Waals surface area (Å²) >= 11 is 0. The Morgan fingerprint density at radius 3 is 2.37 bits per heavy atom. The number of nitrogens with two attached hydrogens (primary N) is 1. The Bertz CT molecular complexity index is 404. The first-order valence-electron chi connectivity index (χ1n) is 7.07. The SMILES string of the molecule is CCOCCN(C)C(CN)c1cc(C)c(C)cc1C. The molecule has 1 unspecified atom stereocenters. The van der Waals surface area contributed by atoms with Crippen LogP contribution in [-0.2, 0) is 4.74 Å². The maximum Gasteiger partial charge on any atom is 0.0593 e. The number of rotatable bonds is 7. The van der Waals surface area contributed by atoms with Crippen LogP contribution in [-0.4, -0.2) is 38.3 Å². The highest BCUT2D eigenvalue weighted by Crippen LogP contribution is 2.24. The summed E-state index contributed by atoms with van der Waals surface area (Å²) in [5.41, 5.74) is 11.3.